The molecule has 3 aromatic carbocycles. The first-order chi connectivity index (χ1) is 30.0. The SMILES string of the molecule is Cc1sc2c(c1C)C(c1ccc(Cl)cc1)=N[C@@H](CC(=O)Nc1ccc(OCCOCCOCCNc3cccc4c3C(=O)N(C3CCC(=O)NC3=O)C4=O)cc1)c1nnc(C)n1-2. The van der Waals surface area contributed by atoms with Crippen LogP contribution in [-0.2, 0) is 23.9 Å². The van der Waals surface area contributed by atoms with E-state index >= 15 is 0 Å². The molecule has 3 N–H and O–H groups in total. The van der Waals surface area contributed by atoms with E-state index in [1.54, 1.807) is 53.8 Å². The minimum atomic E-state index is -1.03. The average Bonchev–Trinajstić information content (AvgIpc) is 3.83. The van der Waals surface area contributed by atoms with Gasteiger partial charge in [-0.2, -0.15) is 0 Å². The molecule has 0 saturated carbocycles. The van der Waals surface area contributed by atoms with Crippen molar-refractivity contribution in [1.82, 2.24) is 25.0 Å². The van der Waals surface area contributed by atoms with Crippen molar-refractivity contribution in [1.29, 1.82) is 0 Å². The molecule has 8 rings (SSSR count). The molecule has 0 radical (unpaired) electrons. The number of nitrogens with zero attached hydrogens (tertiary/aromatic N) is 5. The van der Waals surface area contributed by atoms with Crippen LogP contribution in [0, 0.1) is 20.8 Å². The molecule has 1 saturated heterocycles. The number of rotatable bonds is 16. The first kappa shape index (κ1) is 42.4. The number of ether oxygens (including phenoxy) is 3. The number of benzene rings is 3. The summed E-state index contributed by atoms with van der Waals surface area (Å²) in [6.45, 7) is 8.01. The number of aromatic nitrogens is 3. The Morgan fingerprint density at radius 2 is 1.63 bits per heavy atom. The molecule has 2 aromatic heterocycles. The number of imide groups is 2. The summed E-state index contributed by atoms with van der Waals surface area (Å²) < 4.78 is 19.2. The number of hydrogen-bond donors (Lipinski definition) is 3. The molecule has 5 heterocycles. The monoisotopic (exact) mass is 878 g/mol. The maximum atomic E-state index is 13.5. The van der Waals surface area contributed by atoms with Crippen LogP contribution >= 0.6 is 22.9 Å². The summed E-state index contributed by atoms with van der Waals surface area (Å²) in [7, 11) is 0. The third-order valence-electron chi connectivity index (χ3n) is 10.8. The lowest BCUT2D eigenvalue weighted by atomic mass is 9.99. The Morgan fingerprint density at radius 3 is 2.39 bits per heavy atom. The maximum absolute atomic E-state index is 13.5. The Labute approximate surface area is 365 Å². The minimum absolute atomic E-state index is 0.0447. The molecule has 18 heteroatoms. The molecule has 3 aliphatic rings. The first-order valence-electron chi connectivity index (χ1n) is 20.1. The Kier molecular flexibility index (Phi) is 12.6. The van der Waals surface area contributed by atoms with Crippen LogP contribution < -0.4 is 20.7 Å². The number of aryl methyl sites for hydroxylation is 2. The molecule has 1 unspecified atom stereocenters. The number of fused-ring (bicyclic) bond motifs is 4. The van der Waals surface area contributed by atoms with Crippen LogP contribution in [0.2, 0.25) is 5.02 Å². The summed E-state index contributed by atoms with van der Waals surface area (Å²) in [5.74, 6) is -0.509. The molecule has 2 atom stereocenters. The average molecular weight is 879 g/mol. The smallest absolute Gasteiger partial charge is 0.264 e. The number of halogens is 1. The highest BCUT2D eigenvalue weighted by Crippen LogP contribution is 2.40. The molecule has 320 valence electrons. The summed E-state index contributed by atoms with van der Waals surface area (Å²) in [6.07, 6.45) is 0.187. The van der Waals surface area contributed by atoms with Crippen molar-refractivity contribution in [2.45, 2.75) is 52.1 Å². The highest BCUT2D eigenvalue weighted by Gasteiger charge is 2.45. The molecule has 16 nitrogen and oxygen atoms in total. The number of nitrogens with one attached hydrogen (secondary N) is 3. The summed E-state index contributed by atoms with van der Waals surface area (Å²) in [6, 6.07) is 17.9. The lowest BCUT2D eigenvalue weighted by Crippen LogP contribution is -2.54. The summed E-state index contributed by atoms with van der Waals surface area (Å²) in [4.78, 5) is 71.1. The number of hydrogen-bond acceptors (Lipinski definition) is 13. The minimum Gasteiger partial charge on any atom is -0.491 e. The lowest BCUT2D eigenvalue weighted by Gasteiger charge is -2.27. The van der Waals surface area contributed by atoms with Gasteiger partial charge in [0.1, 0.15) is 35.3 Å². The van der Waals surface area contributed by atoms with Crippen LogP contribution in [0.15, 0.2) is 71.7 Å². The first-order valence-corrected chi connectivity index (χ1v) is 21.3. The zero-order valence-corrected chi connectivity index (χ0v) is 35.7. The number of aliphatic imine (C=N–C) groups is 1. The molecule has 1 fully saturated rings. The standard InChI is InChI=1S/C44H43ClN8O8S/c1-24-25(2)62-44-37(24)39(27-7-9-28(45)10-8-27)48-33(40-51-50-26(3)52(40)44)23-36(55)47-29-11-13-30(14-12-29)61-22-21-60-20-19-59-18-17-46-32-6-4-5-31-38(32)43(58)53(42(31)57)34-15-16-35(54)49-41(34)56/h4-14,33-34,46H,15-23H2,1-3H3,(H,47,55)(H,49,54,56)/t33-,34?/m0/s1. The van der Waals surface area contributed by atoms with Crippen LogP contribution in [0.3, 0.4) is 0 Å². The predicted molar refractivity (Wildman–Crippen MR) is 232 cm³/mol. The van der Waals surface area contributed by atoms with Gasteiger partial charge in [0.05, 0.1) is 49.7 Å². The van der Waals surface area contributed by atoms with Crippen molar-refractivity contribution >= 4 is 69.6 Å². The molecular formula is C44H43ClN8O8S. The second-order valence-corrected chi connectivity index (χ2v) is 16.5. The van der Waals surface area contributed by atoms with Gasteiger partial charge in [-0.15, -0.1) is 21.5 Å². The summed E-state index contributed by atoms with van der Waals surface area (Å²) >= 11 is 7.89. The van der Waals surface area contributed by atoms with E-state index in [4.69, 9.17) is 30.8 Å². The van der Waals surface area contributed by atoms with Gasteiger partial charge in [0, 0.05) is 45.4 Å². The Balaban J connectivity index is 0.766. The van der Waals surface area contributed by atoms with Crippen molar-refractivity contribution in [3.05, 3.63) is 116 Å². The number of thiophene rings is 1. The van der Waals surface area contributed by atoms with Gasteiger partial charge in [-0.3, -0.25) is 43.7 Å². The van der Waals surface area contributed by atoms with Gasteiger partial charge >= 0.3 is 0 Å². The van der Waals surface area contributed by atoms with Crippen LogP contribution in [0.25, 0.3) is 5.00 Å². The van der Waals surface area contributed by atoms with Crippen molar-refractivity contribution in [3.8, 4) is 10.8 Å². The summed E-state index contributed by atoms with van der Waals surface area (Å²) in [5, 5.41) is 18.8. The summed E-state index contributed by atoms with van der Waals surface area (Å²) in [5.41, 5.74) is 5.25. The largest absolute Gasteiger partial charge is 0.491 e. The number of piperidine rings is 1. The zero-order valence-electron chi connectivity index (χ0n) is 34.2. The van der Waals surface area contributed by atoms with Gasteiger partial charge in [-0.1, -0.05) is 29.8 Å². The molecule has 3 aliphatic heterocycles. The fourth-order valence-electron chi connectivity index (χ4n) is 7.62. The maximum Gasteiger partial charge on any atom is 0.264 e. The molecule has 5 aromatic rings. The van der Waals surface area contributed by atoms with Crippen molar-refractivity contribution < 1.29 is 38.2 Å². The van der Waals surface area contributed by atoms with Gasteiger partial charge in [-0.05, 0) is 81.3 Å². The fourth-order valence-corrected chi connectivity index (χ4v) is 8.96. The Bertz CT molecular complexity index is 2590. The quantitative estimate of drug-likeness (QED) is 0.0807. The van der Waals surface area contributed by atoms with Gasteiger partial charge < -0.3 is 24.8 Å². The molecule has 0 aliphatic carbocycles. The van der Waals surface area contributed by atoms with E-state index in [-0.39, 0.29) is 36.3 Å². The van der Waals surface area contributed by atoms with E-state index in [1.165, 1.54) is 4.88 Å². The third-order valence-corrected chi connectivity index (χ3v) is 12.2. The van der Waals surface area contributed by atoms with Crippen molar-refractivity contribution in [3.63, 3.8) is 0 Å². The number of amides is 5. The Hall–Kier alpha value is -6.27. The Morgan fingerprint density at radius 1 is 0.887 bits per heavy atom. The van der Waals surface area contributed by atoms with E-state index in [0.717, 1.165) is 38.1 Å². The molecular weight excluding hydrogens is 836 g/mol. The molecule has 0 spiro atoms. The third kappa shape index (κ3) is 8.74. The molecule has 0 bridgehead atoms. The van der Waals surface area contributed by atoms with Crippen LogP contribution in [0.1, 0.15) is 79.2 Å². The van der Waals surface area contributed by atoms with Gasteiger partial charge in [0.25, 0.3) is 11.8 Å². The second-order valence-electron chi connectivity index (χ2n) is 14.9. The fraction of sp³-hybridized carbons (Fsp3) is 0.318. The zero-order chi connectivity index (χ0) is 43.5. The van der Waals surface area contributed by atoms with E-state index in [9.17, 15) is 24.0 Å². The van der Waals surface area contributed by atoms with E-state index in [2.05, 4.69) is 40.0 Å². The second kappa shape index (κ2) is 18.4. The van der Waals surface area contributed by atoms with Crippen LogP contribution in [0.5, 0.6) is 5.75 Å². The van der Waals surface area contributed by atoms with Gasteiger partial charge in [0.2, 0.25) is 17.7 Å². The van der Waals surface area contributed by atoms with Crippen LogP contribution in [0.4, 0.5) is 11.4 Å². The van der Waals surface area contributed by atoms with Crippen molar-refractivity contribution in [2.75, 3.05) is 50.2 Å². The lowest BCUT2D eigenvalue weighted by molar-refractivity contribution is -0.136. The van der Waals surface area contributed by atoms with Crippen molar-refractivity contribution in [2.24, 2.45) is 4.99 Å². The number of carbonyl (C=O) groups is 5. The predicted octanol–water partition coefficient (Wildman–Crippen LogP) is 5.75. The number of carbonyl (C=O) groups excluding carboxylic acids is 5. The molecule has 62 heavy (non-hydrogen) atoms. The van der Waals surface area contributed by atoms with E-state index in [0.29, 0.717) is 67.6 Å². The van der Waals surface area contributed by atoms with Gasteiger partial charge in [-0.25, -0.2) is 0 Å². The van der Waals surface area contributed by atoms with E-state index < -0.39 is 35.7 Å². The van der Waals surface area contributed by atoms with E-state index in [1.807, 2.05) is 35.8 Å². The molecule has 5 amide bonds. The normalized spacial score (nSPS) is 16.9. The van der Waals surface area contributed by atoms with Gasteiger partial charge in [0.15, 0.2) is 5.82 Å². The topological polar surface area (TPSA) is 195 Å². The highest BCUT2D eigenvalue weighted by atomic mass is 35.5. The highest BCUT2D eigenvalue weighted by molar-refractivity contribution is 7.15. The van der Waals surface area contributed by atoms with Crippen LogP contribution in [-0.4, -0.2) is 101 Å². The number of anilines is 2.